The van der Waals surface area contributed by atoms with Crippen LogP contribution < -0.4 is 5.73 Å². The van der Waals surface area contributed by atoms with Crippen molar-refractivity contribution in [2.24, 2.45) is 11.7 Å². The molecule has 3 unspecified atom stereocenters. The molecule has 4 rings (SSSR count). The van der Waals surface area contributed by atoms with Crippen LogP contribution in [-0.2, 0) is 14.3 Å². The maximum absolute atomic E-state index is 12.7. The second kappa shape index (κ2) is 11.3. The lowest BCUT2D eigenvalue weighted by Gasteiger charge is -2.37. The molecule has 0 bridgehead atoms. The van der Waals surface area contributed by atoms with Gasteiger partial charge in [0, 0.05) is 48.1 Å². The summed E-state index contributed by atoms with van der Waals surface area (Å²) in [6, 6.07) is 10.9. The summed E-state index contributed by atoms with van der Waals surface area (Å²) in [6.45, 7) is 2.13. The number of amides is 1. The fourth-order valence-corrected chi connectivity index (χ4v) is 4.80. The molecule has 0 spiro atoms. The number of carbonyl (C=O) groups excluding carboxylic acids is 2. The number of primary amides is 1. The summed E-state index contributed by atoms with van der Waals surface area (Å²) in [7, 11) is 0. The zero-order chi connectivity index (χ0) is 23.9. The first-order valence-corrected chi connectivity index (χ1v) is 12.1. The quantitative estimate of drug-likeness (QED) is 0.514. The molecule has 1 aromatic carbocycles. The Morgan fingerprint density at radius 3 is 2.59 bits per heavy atom. The van der Waals surface area contributed by atoms with Crippen LogP contribution in [0.5, 0.6) is 0 Å². The number of rotatable bonds is 10. The normalized spacial score (nSPS) is 20.0. The summed E-state index contributed by atoms with van der Waals surface area (Å²) >= 11 is 0. The minimum atomic E-state index is -0.404. The van der Waals surface area contributed by atoms with Gasteiger partial charge in [0.1, 0.15) is 12.5 Å². The van der Waals surface area contributed by atoms with Crippen molar-refractivity contribution in [2.75, 3.05) is 0 Å². The van der Waals surface area contributed by atoms with Gasteiger partial charge in [-0.05, 0) is 37.8 Å². The monoisotopic (exact) mass is 463 g/mol. The molecule has 2 N–H and O–H groups in total. The molecule has 2 aliphatic rings. The molecule has 1 aromatic heterocycles. The molecular weight excluding hydrogens is 430 g/mol. The predicted molar refractivity (Wildman–Crippen MR) is 128 cm³/mol. The van der Waals surface area contributed by atoms with Crippen LogP contribution in [0.1, 0.15) is 79.6 Å². The summed E-state index contributed by atoms with van der Waals surface area (Å²) < 4.78 is 12.4. The van der Waals surface area contributed by atoms with Crippen LogP contribution in [0.3, 0.4) is 0 Å². The molecule has 1 amide bonds. The summed E-state index contributed by atoms with van der Waals surface area (Å²) in [4.78, 5) is 30.3. The fraction of sp³-hybridized carbons (Fsp3) is 0.444. The van der Waals surface area contributed by atoms with Gasteiger partial charge in [-0.25, -0.2) is 0 Å². The molecule has 1 aliphatic carbocycles. The number of hydrogen-bond donors (Lipinski definition) is 1. The van der Waals surface area contributed by atoms with Crippen molar-refractivity contribution in [3.63, 3.8) is 0 Å². The summed E-state index contributed by atoms with van der Waals surface area (Å²) in [5.41, 5.74) is 7.48. The van der Waals surface area contributed by atoms with Crippen molar-refractivity contribution in [3.8, 4) is 0 Å². The molecule has 1 aliphatic heterocycles. The second-order valence-electron chi connectivity index (χ2n) is 9.11. The van der Waals surface area contributed by atoms with Crippen molar-refractivity contribution >= 4 is 11.7 Å². The number of benzene rings is 1. The van der Waals surface area contributed by atoms with E-state index in [0.717, 1.165) is 5.56 Å². The lowest BCUT2D eigenvalue weighted by molar-refractivity contribution is -0.142. The van der Waals surface area contributed by atoms with Crippen LogP contribution in [0.15, 0.2) is 61.3 Å². The summed E-state index contributed by atoms with van der Waals surface area (Å²) in [5, 5.41) is 0. The highest BCUT2D eigenvalue weighted by Crippen LogP contribution is 2.34. The van der Waals surface area contributed by atoms with Gasteiger partial charge in [-0.15, -0.1) is 0 Å². The van der Waals surface area contributed by atoms with Crippen molar-refractivity contribution in [1.82, 2.24) is 9.88 Å². The highest BCUT2D eigenvalue weighted by molar-refractivity contribution is 6.08. The molecule has 2 aromatic rings. The lowest BCUT2D eigenvalue weighted by atomic mass is 9.86. The Morgan fingerprint density at radius 1 is 1.15 bits per heavy atom. The zero-order valence-corrected chi connectivity index (χ0v) is 19.6. The van der Waals surface area contributed by atoms with E-state index >= 15 is 0 Å². The third kappa shape index (κ3) is 5.83. The van der Waals surface area contributed by atoms with Gasteiger partial charge in [0.25, 0.3) is 0 Å². The molecule has 1 saturated carbocycles. The first-order valence-electron chi connectivity index (χ1n) is 12.1. The number of pyridine rings is 1. The number of nitrogens with two attached hydrogens (primary N) is 1. The molecule has 180 valence electrons. The van der Waals surface area contributed by atoms with Crippen LogP contribution in [0.2, 0.25) is 0 Å². The number of ketones is 1. The van der Waals surface area contributed by atoms with Gasteiger partial charge < -0.3 is 20.1 Å². The Bertz CT molecular complexity index is 987. The first-order chi connectivity index (χ1) is 16.5. The second-order valence-corrected chi connectivity index (χ2v) is 9.11. The van der Waals surface area contributed by atoms with Crippen molar-refractivity contribution in [1.29, 1.82) is 0 Å². The molecule has 0 saturated heterocycles. The van der Waals surface area contributed by atoms with Crippen molar-refractivity contribution in [3.05, 3.63) is 77.9 Å². The van der Waals surface area contributed by atoms with Gasteiger partial charge in [-0.3, -0.25) is 14.6 Å². The Morgan fingerprint density at radius 2 is 1.91 bits per heavy atom. The maximum Gasteiger partial charge on any atom is 0.217 e. The van der Waals surface area contributed by atoms with Gasteiger partial charge in [-0.2, -0.15) is 0 Å². The number of nitrogens with zero attached hydrogens (tertiary/aromatic N) is 2. The standard InChI is InChI=1S/C27H33N3O4/c1-19(20-6-3-2-4-7-20)34-25(14-13-24(28)31)30-16-17-33-27(30)22-11-9-21(10-12-22)26(32)23-8-5-15-29-18-23/h5,8-12,15-20,25,27H,2-4,6-7,13-14H2,1H3,(H2,28,31). The van der Waals surface area contributed by atoms with E-state index in [2.05, 4.69) is 11.9 Å². The van der Waals surface area contributed by atoms with Gasteiger partial charge in [-0.1, -0.05) is 43.5 Å². The third-order valence-electron chi connectivity index (χ3n) is 6.75. The van der Waals surface area contributed by atoms with Crippen LogP contribution >= 0.6 is 0 Å². The smallest absolute Gasteiger partial charge is 0.217 e. The Kier molecular flexibility index (Phi) is 7.95. The molecule has 1 fully saturated rings. The summed E-state index contributed by atoms with van der Waals surface area (Å²) in [5.74, 6) is 0.0947. The maximum atomic E-state index is 12.7. The molecule has 2 heterocycles. The van der Waals surface area contributed by atoms with Gasteiger partial charge in [0.15, 0.2) is 12.0 Å². The first kappa shape index (κ1) is 24.0. The van der Waals surface area contributed by atoms with E-state index in [1.54, 1.807) is 42.9 Å². The Hall–Kier alpha value is -3.19. The van der Waals surface area contributed by atoms with E-state index < -0.39 is 6.23 Å². The van der Waals surface area contributed by atoms with Crippen LogP contribution in [0, 0.1) is 5.92 Å². The van der Waals surface area contributed by atoms with Crippen molar-refractivity contribution < 1.29 is 19.1 Å². The number of carbonyl (C=O) groups is 2. The molecular formula is C27H33N3O4. The average molecular weight is 464 g/mol. The van der Waals surface area contributed by atoms with Crippen LogP contribution in [0.25, 0.3) is 0 Å². The van der Waals surface area contributed by atoms with Gasteiger partial charge in [0.2, 0.25) is 5.91 Å². The van der Waals surface area contributed by atoms with Crippen LogP contribution in [0.4, 0.5) is 0 Å². The number of hydrogen-bond acceptors (Lipinski definition) is 6. The lowest BCUT2D eigenvalue weighted by Crippen LogP contribution is -2.39. The van der Waals surface area contributed by atoms with E-state index in [-0.39, 0.29) is 30.4 Å². The molecule has 7 heteroatoms. The van der Waals surface area contributed by atoms with Gasteiger partial charge >= 0.3 is 0 Å². The van der Waals surface area contributed by atoms with E-state index in [0.29, 0.717) is 23.5 Å². The molecule has 0 radical (unpaired) electrons. The highest BCUT2D eigenvalue weighted by atomic mass is 16.5. The van der Waals surface area contributed by atoms with Crippen molar-refractivity contribution in [2.45, 2.75) is 70.4 Å². The zero-order valence-electron chi connectivity index (χ0n) is 19.6. The Labute approximate surface area is 200 Å². The molecule has 7 nitrogen and oxygen atoms in total. The number of ether oxygens (including phenoxy) is 2. The summed E-state index contributed by atoms with van der Waals surface area (Å²) in [6.07, 6.45) is 12.9. The molecule has 34 heavy (non-hydrogen) atoms. The largest absolute Gasteiger partial charge is 0.472 e. The van der Waals surface area contributed by atoms with Gasteiger partial charge in [0.05, 0.1) is 6.10 Å². The fourth-order valence-electron chi connectivity index (χ4n) is 4.80. The predicted octanol–water partition coefficient (Wildman–Crippen LogP) is 4.69. The van der Waals surface area contributed by atoms with Crippen LogP contribution in [-0.4, -0.2) is 33.9 Å². The van der Waals surface area contributed by atoms with E-state index in [4.69, 9.17) is 15.2 Å². The van der Waals surface area contributed by atoms with E-state index in [9.17, 15) is 9.59 Å². The third-order valence-corrected chi connectivity index (χ3v) is 6.75. The average Bonchev–Trinajstić information content (AvgIpc) is 3.37. The SMILES string of the molecule is CC(OC(CCC(N)=O)N1C=COC1c1ccc(C(=O)c2cccnc2)cc1)C1CCCCC1. The minimum Gasteiger partial charge on any atom is -0.472 e. The van der Waals surface area contributed by atoms with E-state index in [1.165, 1.54) is 32.1 Å². The minimum absolute atomic E-state index is 0.0762. The van der Waals surface area contributed by atoms with E-state index in [1.807, 2.05) is 23.2 Å². The Balaban J connectivity index is 1.48. The highest BCUT2D eigenvalue weighted by Gasteiger charge is 2.33. The molecule has 3 atom stereocenters. The number of aromatic nitrogens is 1. The topological polar surface area (TPSA) is 94.8 Å².